The van der Waals surface area contributed by atoms with Crippen molar-refractivity contribution in [2.24, 2.45) is 0 Å². The van der Waals surface area contributed by atoms with E-state index in [2.05, 4.69) is 34.6 Å². The molecular weight excluding hydrogens is 317 g/mol. The molecule has 0 aliphatic heterocycles. The second-order valence-corrected chi connectivity index (χ2v) is 7.46. The number of aliphatic hydroxyl groups is 1. The zero-order valence-electron chi connectivity index (χ0n) is 11.4. The van der Waals surface area contributed by atoms with Crippen LogP contribution in [0.1, 0.15) is 37.8 Å². The van der Waals surface area contributed by atoms with Crippen molar-refractivity contribution >= 4 is 19.4 Å². The minimum absolute atomic E-state index is 0.349. The van der Waals surface area contributed by atoms with E-state index in [9.17, 15) is 5.11 Å². The zero-order chi connectivity index (χ0) is 13.8. The first-order valence-electron chi connectivity index (χ1n) is 7.07. The third-order valence-corrected chi connectivity index (χ3v) is 5.90. The van der Waals surface area contributed by atoms with Crippen LogP contribution in [-0.4, -0.2) is 35.1 Å². The van der Waals surface area contributed by atoms with Gasteiger partial charge in [-0.05, 0) is 0 Å². The first-order valence-corrected chi connectivity index (χ1v) is 9.14. The van der Waals surface area contributed by atoms with Gasteiger partial charge in [0.15, 0.2) is 0 Å². The Hall–Kier alpha value is -1.16. The summed E-state index contributed by atoms with van der Waals surface area (Å²) in [5, 5.41) is 19.0. The molecule has 1 aliphatic carbocycles. The van der Waals surface area contributed by atoms with E-state index in [0.717, 1.165) is 36.8 Å². The summed E-state index contributed by atoms with van der Waals surface area (Å²) < 4.78 is 3.22. The van der Waals surface area contributed by atoms with Crippen molar-refractivity contribution in [2.45, 2.75) is 43.1 Å². The van der Waals surface area contributed by atoms with Crippen LogP contribution >= 0.6 is 0 Å². The molecule has 1 aliphatic rings. The van der Waals surface area contributed by atoms with Gasteiger partial charge in [-0.3, -0.25) is 0 Å². The molecule has 5 heteroatoms. The SMILES string of the molecule is OC1(c2cn(C[Se]c3ccccc3)nn2)CCCCC1. The van der Waals surface area contributed by atoms with Gasteiger partial charge in [0.05, 0.1) is 0 Å². The van der Waals surface area contributed by atoms with Gasteiger partial charge in [-0.1, -0.05) is 0 Å². The zero-order valence-corrected chi connectivity index (χ0v) is 13.1. The Morgan fingerprint density at radius 3 is 2.65 bits per heavy atom. The van der Waals surface area contributed by atoms with E-state index >= 15 is 0 Å². The van der Waals surface area contributed by atoms with Gasteiger partial charge in [-0.2, -0.15) is 0 Å². The van der Waals surface area contributed by atoms with Gasteiger partial charge < -0.3 is 0 Å². The van der Waals surface area contributed by atoms with Gasteiger partial charge in [0.25, 0.3) is 0 Å². The molecule has 0 radical (unpaired) electrons. The van der Waals surface area contributed by atoms with E-state index in [1.165, 1.54) is 10.9 Å². The standard InChI is InChI=1S/C15H19N3OSe/c19-15(9-5-2-6-10-15)14-11-18(17-16-14)12-20-13-7-3-1-4-8-13/h1,3-4,7-8,11,19H,2,5-6,9-10,12H2. The van der Waals surface area contributed by atoms with Crippen LogP contribution in [0.15, 0.2) is 36.5 Å². The van der Waals surface area contributed by atoms with Gasteiger partial charge >= 0.3 is 125 Å². The van der Waals surface area contributed by atoms with Crippen molar-refractivity contribution in [3.8, 4) is 0 Å². The quantitative estimate of drug-likeness (QED) is 0.859. The molecule has 106 valence electrons. The normalized spacial score (nSPS) is 18.1. The van der Waals surface area contributed by atoms with Gasteiger partial charge in [0.1, 0.15) is 0 Å². The summed E-state index contributed by atoms with van der Waals surface area (Å²) in [4.78, 5) is 0. The van der Waals surface area contributed by atoms with E-state index in [-0.39, 0.29) is 0 Å². The molecule has 0 amide bonds. The Balaban J connectivity index is 1.65. The molecule has 2 aromatic rings. The summed E-state index contributed by atoms with van der Waals surface area (Å²) in [5.74, 6) is 0. The molecule has 1 saturated carbocycles. The molecule has 1 fully saturated rings. The Bertz CT molecular complexity index is 549. The van der Waals surface area contributed by atoms with Crippen molar-refractivity contribution in [3.05, 3.63) is 42.2 Å². The molecule has 1 N–H and O–H groups in total. The molecule has 20 heavy (non-hydrogen) atoms. The van der Waals surface area contributed by atoms with Crippen LogP contribution in [0, 0.1) is 0 Å². The number of hydrogen-bond donors (Lipinski definition) is 1. The second kappa shape index (κ2) is 6.08. The molecule has 1 aromatic carbocycles. The fourth-order valence-electron chi connectivity index (χ4n) is 2.62. The van der Waals surface area contributed by atoms with E-state index in [1.807, 2.05) is 16.9 Å². The van der Waals surface area contributed by atoms with Crippen LogP contribution in [-0.2, 0) is 11.0 Å². The molecule has 0 bridgehead atoms. The van der Waals surface area contributed by atoms with Crippen LogP contribution in [0.3, 0.4) is 0 Å². The summed E-state index contributed by atoms with van der Waals surface area (Å²) in [6.45, 7) is 0. The number of benzene rings is 1. The summed E-state index contributed by atoms with van der Waals surface area (Å²) in [5.41, 5.74) is 0.872. The Labute approximate surface area is 125 Å². The van der Waals surface area contributed by atoms with Gasteiger partial charge in [-0.15, -0.1) is 0 Å². The van der Waals surface area contributed by atoms with Crippen LogP contribution in [0.2, 0.25) is 0 Å². The van der Waals surface area contributed by atoms with Crippen LogP contribution < -0.4 is 4.46 Å². The fourth-order valence-corrected chi connectivity index (χ4v) is 4.21. The monoisotopic (exact) mass is 337 g/mol. The third kappa shape index (κ3) is 3.11. The predicted octanol–water partition coefficient (Wildman–Crippen LogP) is 1.42. The minimum atomic E-state index is -0.740. The van der Waals surface area contributed by atoms with Crippen LogP contribution in [0.4, 0.5) is 0 Å². The van der Waals surface area contributed by atoms with E-state index < -0.39 is 5.60 Å². The first-order chi connectivity index (χ1) is 9.76. The van der Waals surface area contributed by atoms with Crippen LogP contribution in [0.25, 0.3) is 0 Å². The average Bonchev–Trinajstić information content (AvgIpc) is 2.97. The number of aromatic nitrogens is 3. The number of hydrogen-bond acceptors (Lipinski definition) is 3. The molecule has 0 spiro atoms. The van der Waals surface area contributed by atoms with Gasteiger partial charge in [0, 0.05) is 0 Å². The Morgan fingerprint density at radius 2 is 1.90 bits per heavy atom. The second-order valence-electron chi connectivity index (χ2n) is 5.32. The fraction of sp³-hybridized carbons (Fsp3) is 0.467. The van der Waals surface area contributed by atoms with Gasteiger partial charge in [0.2, 0.25) is 0 Å². The summed E-state index contributed by atoms with van der Waals surface area (Å²) in [6.07, 6.45) is 6.93. The average molecular weight is 336 g/mol. The molecule has 1 aromatic heterocycles. The van der Waals surface area contributed by atoms with Crippen LogP contribution in [0.5, 0.6) is 0 Å². The van der Waals surface area contributed by atoms with Gasteiger partial charge in [-0.25, -0.2) is 0 Å². The van der Waals surface area contributed by atoms with E-state index in [1.54, 1.807) is 0 Å². The molecular formula is C15H19N3OSe. The summed E-state index contributed by atoms with van der Waals surface area (Å²) in [6, 6.07) is 10.5. The molecule has 0 saturated heterocycles. The molecule has 1 heterocycles. The molecule has 4 nitrogen and oxygen atoms in total. The molecule has 0 atom stereocenters. The predicted molar refractivity (Wildman–Crippen MR) is 78.8 cm³/mol. The summed E-state index contributed by atoms with van der Waals surface area (Å²) in [7, 11) is 0. The number of rotatable bonds is 4. The molecule has 0 unspecified atom stereocenters. The maximum atomic E-state index is 10.6. The van der Waals surface area contributed by atoms with Crippen molar-refractivity contribution in [2.75, 3.05) is 0 Å². The van der Waals surface area contributed by atoms with E-state index in [4.69, 9.17) is 0 Å². The van der Waals surface area contributed by atoms with Crippen molar-refractivity contribution < 1.29 is 5.11 Å². The number of nitrogens with zero attached hydrogens (tertiary/aromatic N) is 3. The van der Waals surface area contributed by atoms with Crippen molar-refractivity contribution in [1.29, 1.82) is 0 Å². The molecule has 3 rings (SSSR count). The van der Waals surface area contributed by atoms with Crippen molar-refractivity contribution in [1.82, 2.24) is 15.0 Å². The Morgan fingerprint density at radius 1 is 1.15 bits per heavy atom. The maximum absolute atomic E-state index is 10.6. The van der Waals surface area contributed by atoms with E-state index in [0.29, 0.717) is 15.0 Å². The first kappa shape index (κ1) is 13.8. The summed E-state index contributed by atoms with van der Waals surface area (Å²) >= 11 is 0.349. The topological polar surface area (TPSA) is 50.9 Å². The van der Waals surface area contributed by atoms with Crippen molar-refractivity contribution in [3.63, 3.8) is 0 Å². The Kier molecular flexibility index (Phi) is 4.20. The third-order valence-electron chi connectivity index (χ3n) is 3.80.